The summed E-state index contributed by atoms with van der Waals surface area (Å²) in [5, 5.41) is 69.7. The number of phenolic OH excluding ortho intramolecular Hbond substituents is 1. The number of aromatic amines is 1. The van der Waals surface area contributed by atoms with Crippen molar-refractivity contribution in [3.63, 3.8) is 0 Å². The van der Waals surface area contributed by atoms with Crippen LogP contribution in [0.2, 0.25) is 0 Å². The van der Waals surface area contributed by atoms with Crippen LogP contribution in [0.3, 0.4) is 0 Å². The fourth-order valence-electron chi connectivity index (χ4n) is 18.7. The third kappa shape index (κ3) is 35.3. The van der Waals surface area contributed by atoms with E-state index < -0.39 is 229 Å². The predicted octanol–water partition coefficient (Wildman–Crippen LogP) is 2.65. The standard InChI is InChI=1S/C102H152N20O22S/c1-11-13-33-81-95(137)110-72(46-60(3)4)92(134)116-79(90(132)106-44-28-22-20-18-16-15-17-19-21-23-37-87(127)128)58-145-59-86(126)108-75(48-63-38-40-66(123)41-39-63)98(140)117(8)62(7)89(131)112-77(52-85(105)125)100(142)121-45-29-36-82(121)96(138)115-78(53-104)94(136)113-74(47-61(5)6)101(143)122-56-67(124)51-84(122)97(139)111-73(49-64-54-107-70-32-26-24-30-68(64)70)93(135)109-71(42-43-103)91(133)114-76(99(141)119(10)83(34-14-12-2)102(144)118(81)9)50-65-55-120(57-88(129)130)80-35-27-25-31-69(65)80/h24-27,30-32,35,38-41,54-55,60-62,67,71-79,81-84,107,123-124H,11-23,28-29,33-34,36-37,42-53,56-59,103-104H2,1-10H3,(H2,105,125)(H,106,132)(H,108,126)(H,109,135)(H,110,137)(H,111,139)(H,112,131)(H,113,136)(H,114,133)(H,115,138)(H,116,134)(H,127,128)(H,129,130)/t62-,67+,71-,72-,73-,74-,75-,76-,77-,78-,79-,81-,82-,83-,84-/m0/s1. The molecule has 798 valence electrons. The fourth-order valence-corrected chi connectivity index (χ4v) is 19.5. The van der Waals surface area contributed by atoms with Gasteiger partial charge in [-0.3, -0.25) is 86.3 Å². The molecule has 0 radical (unpaired) electrons. The molecule has 15 atom stereocenters. The highest BCUT2D eigenvalue weighted by Gasteiger charge is 2.47. The van der Waals surface area contributed by atoms with Crippen LogP contribution in [0.25, 0.3) is 21.8 Å². The SMILES string of the molecule is CCCC[C@H]1C(=O)N(C)[C@@H](CCCC)C(=O)N[C@@H](CC(C)C)C(=O)N[C@H](C(=O)NCCCCCCCCCCCCC(=O)O)CSCC(=O)N[C@@H](Cc2ccc(O)cc2)C(=O)N(C)[C@@H](C)C(=O)N[C@@H](CC(N)=O)C(=O)N2CCC[C@H]2C(=O)N[C@@H](CN)C(=O)N[C@@H](CC(C)C)C(=O)N2C[C@H](O)C[C@H]2C(=O)N[C@@H](Cc2c[nH]c3ccccc23)C(=O)N[C@@H](CCN)C(=O)N[C@@H](Cc2cn(CC(=O)O)c3ccccc23)C(=O)N1C. The quantitative estimate of drug-likeness (QED) is 0.0254. The third-order valence-electron chi connectivity index (χ3n) is 26.8. The van der Waals surface area contributed by atoms with Gasteiger partial charge in [0.2, 0.25) is 94.5 Å². The van der Waals surface area contributed by atoms with Crippen LogP contribution in [-0.2, 0) is 112 Å². The lowest BCUT2D eigenvalue weighted by Crippen LogP contribution is -2.62. The number of amides is 16. The maximum absolute atomic E-state index is 16.1. The number of carboxylic acid groups (broad SMARTS) is 2. The van der Waals surface area contributed by atoms with E-state index in [1.54, 1.807) is 82.4 Å². The van der Waals surface area contributed by atoms with Gasteiger partial charge < -0.3 is 125 Å². The van der Waals surface area contributed by atoms with Crippen LogP contribution in [0.1, 0.15) is 219 Å². The summed E-state index contributed by atoms with van der Waals surface area (Å²) < 4.78 is 1.46. The summed E-state index contributed by atoms with van der Waals surface area (Å²) in [6.45, 7) is 10.4. The average molecular weight is 2040 g/mol. The average Bonchev–Trinajstić information content (AvgIpc) is 1.69. The highest BCUT2D eigenvalue weighted by atomic mass is 32.2. The molecule has 21 N–H and O–H groups in total. The number of phenols is 1. The number of hydrogen-bond donors (Lipinski definition) is 18. The number of aromatic hydroxyl groups is 1. The first kappa shape index (κ1) is 117. The van der Waals surface area contributed by atoms with Gasteiger partial charge in [0.1, 0.15) is 96.9 Å². The molecule has 3 aliphatic rings. The molecule has 0 bridgehead atoms. The second kappa shape index (κ2) is 58.4. The molecule has 3 fully saturated rings. The number of H-pyrrole nitrogens is 1. The minimum Gasteiger partial charge on any atom is -0.508 e. The van der Waals surface area contributed by atoms with Gasteiger partial charge in [-0.05, 0) is 124 Å². The zero-order valence-electron chi connectivity index (χ0n) is 85.1. The number of nitrogens with zero attached hydrogens (tertiary/aromatic N) is 6. The summed E-state index contributed by atoms with van der Waals surface area (Å²) in [6, 6.07) is -1.54. The van der Waals surface area contributed by atoms with E-state index in [1.807, 2.05) is 13.8 Å². The molecular weight excluding hydrogens is 1890 g/mol. The molecule has 0 saturated carbocycles. The molecule has 5 heterocycles. The topological polar surface area (TPSA) is 623 Å². The van der Waals surface area contributed by atoms with Gasteiger partial charge in [-0.1, -0.05) is 167 Å². The number of likely N-dealkylation sites (N-methyl/N-ethyl adjacent to an activating group) is 3. The van der Waals surface area contributed by atoms with Gasteiger partial charge in [0.25, 0.3) is 0 Å². The summed E-state index contributed by atoms with van der Waals surface area (Å²) in [5.74, 6) is -17.6. The lowest BCUT2D eigenvalue weighted by atomic mass is 9.99. The summed E-state index contributed by atoms with van der Waals surface area (Å²) >= 11 is 0.903. The highest BCUT2D eigenvalue weighted by molar-refractivity contribution is 8.00. The Kier molecular flexibility index (Phi) is 47.3. The van der Waals surface area contributed by atoms with Gasteiger partial charge in [0.15, 0.2) is 0 Å². The lowest BCUT2D eigenvalue weighted by Gasteiger charge is -2.36. The zero-order valence-corrected chi connectivity index (χ0v) is 85.9. The van der Waals surface area contributed by atoms with E-state index in [1.165, 1.54) is 68.0 Å². The number of carbonyl (C=O) groups excluding carboxylic acids is 16. The molecule has 43 heteroatoms. The van der Waals surface area contributed by atoms with Gasteiger partial charge in [-0.15, -0.1) is 11.8 Å². The molecule has 145 heavy (non-hydrogen) atoms. The van der Waals surface area contributed by atoms with E-state index in [0.717, 1.165) is 82.7 Å². The van der Waals surface area contributed by atoms with Crippen LogP contribution >= 0.6 is 11.8 Å². The molecule has 42 nitrogen and oxygen atoms in total. The molecular formula is C102H152N20O22S. The molecule has 5 aromatic rings. The normalized spacial score (nSPS) is 24.0. The summed E-state index contributed by atoms with van der Waals surface area (Å²) in [4.78, 5) is 272. The highest BCUT2D eigenvalue weighted by Crippen LogP contribution is 2.30. The zero-order chi connectivity index (χ0) is 106. The number of carbonyl (C=O) groups is 18. The number of aromatic nitrogens is 2. The van der Waals surface area contributed by atoms with E-state index in [-0.39, 0.29) is 120 Å². The number of nitrogens with two attached hydrogens (primary N) is 3. The fraction of sp³-hybridized carbons (Fsp3) is 0.608. The van der Waals surface area contributed by atoms with Crippen LogP contribution < -0.4 is 70.4 Å². The van der Waals surface area contributed by atoms with E-state index in [0.29, 0.717) is 77.0 Å². The number of aliphatic carboxylic acids is 2. The van der Waals surface area contributed by atoms with Crippen molar-refractivity contribution in [2.24, 2.45) is 29.0 Å². The van der Waals surface area contributed by atoms with Gasteiger partial charge >= 0.3 is 11.9 Å². The third-order valence-corrected chi connectivity index (χ3v) is 27.8. The first-order valence-electron chi connectivity index (χ1n) is 50.8. The molecule has 3 saturated heterocycles. The Balaban J connectivity index is 1.19. The Morgan fingerprint density at radius 1 is 0.510 bits per heavy atom. The second-order valence-corrected chi connectivity index (χ2v) is 40.1. The number of unbranched alkanes of at least 4 members (excludes halogenated alkanes) is 11. The number of aliphatic hydroxyl groups is 1. The number of primary amides is 1. The number of thioether (sulfide) groups is 1. The maximum Gasteiger partial charge on any atom is 0.323 e. The molecule has 8 rings (SSSR count). The summed E-state index contributed by atoms with van der Waals surface area (Å²) in [5.41, 5.74) is 20.7. The largest absolute Gasteiger partial charge is 0.508 e. The van der Waals surface area contributed by atoms with Crippen LogP contribution in [0.5, 0.6) is 5.75 Å². The predicted molar refractivity (Wildman–Crippen MR) is 544 cm³/mol. The Labute approximate surface area is 850 Å². The van der Waals surface area contributed by atoms with Gasteiger partial charge in [0, 0.05) is 119 Å². The molecule has 0 aliphatic carbocycles. The molecule has 0 spiro atoms. The lowest BCUT2D eigenvalue weighted by molar-refractivity contribution is -0.149. The first-order chi connectivity index (χ1) is 69.1. The molecule has 3 aliphatic heterocycles. The monoisotopic (exact) mass is 2040 g/mol. The van der Waals surface area contributed by atoms with Crippen LogP contribution in [0, 0.1) is 11.8 Å². The molecule has 2 aromatic heterocycles. The van der Waals surface area contributed by atoms with Crippen molar-refractivity contribution in [2.45, 2.75) is 319 Å². The Bertz CT molecular complexity index is 5270. The number of hydrogen-bond acceptors (Lipinski definition) is 23. The Morgan fingerprint density at radius 3 is 1.68 bits per heavy atom. The first-order valence-corrected chi connectivity index (χ1v) is 51.9. The summed E-state index contributed by atoms with van der Waals surface area (Å²) in [6.07, 6.45) is 9.72. The van der Waals surface area contributed by atoms with Crippen molar-refractivity contribution in [1.82, 2.24) is 87.2 Å². The van der Waals surface area contributed by atoms with Crippen molar-refractivity contribution in [2.75, 3.05) is 65.4 Å². The van der Waals surface area contributed by atoms with E-state index >= 15 is 38.4 Å². The Hall–Kier alpha value is -12.8. The van der Waals surface area contributed by atoms with Crippen molar-refractivity contribution in [3.8, 4) is 5.75 Å². The van der Waals surface area contributed by atoms with Crippen LogP contribution in [0.4, 0.5) is 0 Å². The number of carboxylic acids is 2. The van der Waals surface area contributed by atoms with E-state index in [4.69, 9.17) is 22.3 Å². The number of nitrogens with one attached hydrogen (secondary N) is 11. The van der Waals surface area contributed by atoms with Crippen LogP contribution in [0.15, 0.2) is 85.2 Å². The van der Waals surface area contributed by atoms with Gasteiger partial charge in [-0.25, -0.2) is 0 Å². The number of fused-ring (bicyclic) bond motifs is 4. The van der Waals surface area contributed by atoms with Crippen molar-refractivity contribution in [1.29, 1.82) is 0 Å². The van der Waals surface area contributed by atoms with Crippen molar-refractivity contribution < 1.29 is 107 Å². The maximum atomic E-state index is 16.1. The number of benzene rings is 3. The van der Waals surface area contributed by atoms with E-state index in [2.05, 4.69) is 58.2 Å². The minimum atomic E-state index is -1.76. The summed E-state index contributed by atoms with van der Waals surface area (Å²) in [7, 11) is 4.01. The van der Waals surface area contributed by atoms with Crippen molar-refractivity contribution in [3.05, 3.63) is 102 Å². The molecule has 3 aromatic carbocycles. The van der Waals surface area contributed by atoms with Gasteiger partial charge in [-0.2, -0.15) is 0 Å². The van der Waals surface area contributed by atoms with Crippen molar-refractivity contribution >= 4 is 140 Å². The molecule has 0 unspecified atom stereocenters. The van der Waals surface area contributed by atoms with Crippen LogP contribution in [-0.4, -0.2) is 317 Å². The number of para-hydroxylation sites is 2. The minimum absolute atomic E-state index is 0.00200. The molecule has 16 amide bonds. The number of aliphatic hydroxyl groups excluding tert-OH is 1. The smallest absolute Gasteiger partial charge is 0.323 e. The Morgan fingerprint density at radius 2 is 1.04 bits per heavy atom. The second-order valence-electron chi connectivity index (χ2n) is 39.1. The van der Waals surface area contributed by atoms with Gasteiger partial charge in [0.05, 0.1) is 18.3 Å². The van der Waals surface area contributed by atoms with E-state index in [9.17, 15) is 63.3 Å². The number of rotatable bonds is 37.